The lowest BCUT2D eigenvalue weighted by atomic mass is 10.2. The number of halogens is 1. The van der Waals surface area contributed by atoms with Gasteiger partial charge in [0.1, 0.15) is 10.3 Å². The number of rotatable bonds is 1. The number of pyridine rings is 1. The average Bonchev–Trinajstić information content (AvgIpc) is 2.23. The molecule has 2 heterocycles. The summed E-state index contributed by atoms with van der Waals surface area (Å²) in [6, 6.07) is 3.80. The highest BCUT2D eigenvalue weighted by molar-refractivity contribution is 9.10. The number of nitrogens with zero attached hydrogens (tertiary/aromatic N) is 2. The van der Waals surface area contributed by atoms with Crippen LogP contribution in [0.2, 0.25) is 0 Å². The minimum atomic E-state index is -0.167. The van der Waals surface area contributed by atoms with Crippen molar-refractivity contribution >= 4 is 15.9 Å². The molecule has 0 bridgehead atoms. The molecule has 0 saturated heterocycles. The molecule has 2 aromatic rings. The van der Waals surface area contributed by atoms with Crippen LogP contribution in [-0.2, 0) is 0 Å². The molecule has 2 rings (SSSR count). The van der Waals surface area contributed by atoms with Crippen LogP contribution in [-0.4, -0.2) is 15.0 Å². The summed E-state index contributed by atoms with van der Waals surface area (Å²) in [6.45, 7) is 5.63. The summed E-state index contributed by atoms with van der Waals surface area (Å²) in [5, 5.41) is 0. The van der Waals surface area contributed by atoms with Crippen LogP contribution in [0.25, 0.3) is 11.4 Å². The number of aromatic amines is 1. The monoisotopic (exact) mass is 293 g/mol. The van der Waals surface area contributed by atoms with Gasteiger partial charge in [0.2, 0.25) is 0 Å². The largest absolute Gasteiger partial charge is 0.306 e. The van der Waals surface area contributed by atoms with E-state index in [-0.39, 0.29) is 5.56 Å². The first-order valence-electron chi connectivity index (χ1n) is 5.19. The van der Waals surface area contributed by atoms with Crippen LogP contribution in [0.4, 0.5) is 0 Å². The molecule has 88 valence electrons. The molecule has 0 aromatic carbocycles. The molecule has 1 N–H and O–H groups in total. The first kappa shape index (κ1) is 12.0. The third-order valence-electron chi connectivity index (χ3n) is 2.38. The lowest BCUT2D eigenvalue weighted by Gasteiger charge is -2.05. The van der Waals surface area contributed by atoms with E-state index in [0.29, 0.717) is 16.0 Å². The maximum atomic E-state index is 11.6. The minimum absolute atomic E-state index is 0.167. The normalized spacial score (nSPS) is 10.6. The van der Waals surface area contributed by atoms with Gasteiger partial charge in [-0.3, -0.25) is 9.78 Å². The molecule has 0 aliphatic rings. The molecule has 0 aliphatic carbocycles. The summed E-state index contributed by atoms with van der Waals surface area (Å²) < 4.78 is 0.476. The van der Waals surface area contributed by atoms with Crippen molar-refractivity contribution in [3.8, 4) is 11.4 Å². The molecule has 0 fully saturated rings. The Morgan fingerprint density at radius 2 is 1.71 bits per heavy atom. The Morgan fingerprint density at radius 3 is 2.24 bits per heavy atom. The van der Waals surface area contributed by atoms with Gasteiger partial charge in [-0.2, -0.15) is 0 Å². The van der Waals surface area contributed by atoms with Gasteiger partial charge in [-0.25, -0.2) is 4.98 Å². The summed E-state index contributed by atoms with van der Waals surface area (Å²) in [6.07, 6.45) is 0. The number of nitrogens with one attached hydrogen (secondary N) is 1. The molecule has 0 spiro atoms. The summed E-state index contributed by atoms with van der Waals surface area (Å²) in [5.41, 5.74) is 3.20. The fraction of sp³-hybridized carbons (Fsp3) is 0.250. The van der Waals surface area contributed by atoms with Crippen LogP contribution >= 0.6 is 15.9 Å². The van der Waals surface area contributed by atoms with E-state index in [0.717, 1.165) is 17.0 Å². The maximum Gasteiger partial charge on any atom is 0.265 e. The van der Waals surface area contributed by atoms with E-state index in [9.17, 15) is 4.79 Å². The molecular formula is C12H12BrN3O. The van der Waals surface area contributed by atoms with Crippen LogP contribution in [0.3, 0.4) is 0 Å². The van der Waals surface area contributed by atoms with Gasteiger partial charge >= 0.3 is 0 Å². The van der Waals surface area contributed by atoms with Crippen LogP contribution in [0, 0.1) is 20.8 Å². The second-order valence-electron chi connectivity index (χ2n) is 3.95. The van der Waals surface area contributed by atoms with E-state index >= 15 is 0 Å². The maximum absolute atomic E-state index is 11.6. The van der Waals surface area contributed by atoms with Crippen LogP contribution in [0.5, 0.6) is 0 Å². The Kier molecular flexibility index (Phi) is 3.11. The predicted octanol–water partition coefficient (Wildman–Crippen LogP) is 2.52. The van der Waals surface area contributed by atoms with Gasteiger partial charge in [0, 0.05) is 17.0 Å². The summed E-state index contributed by atoms with van der Waals surface area (Å²) >= 11 is 3.20. The van der Waals surface area contributed by atoms with Crippen molar-refractivity contribution in [1.82, 2.24) is 15.0 Å². The third kappa shape index (κ3) is 2.44. The van der Waals surface area contributed by atoms with Gasteiger partial charge in [0.15, 0.2) is 0 Å². The summed E-state index contributed by atoms with van der Waals surface area (Å²) in [7, 11) is 0. The van der Waals surface area contributed by atoms with Crippen LogP contribution in [0.15, 0.2) is 21.4 Å². The van der Waals surface area contributed by atoms with E-state index in [1.807, 2.05) is 26.0 Å². The Balaban J connectivity index is 2.65. The fourth-order valence-corrected chi connectivity index (χ4v) is 1.87. The van der Waals surface area contributed by atoms with Crippen molar-refractivity contribution < 1.29 is 0 Å². The van der Waals surface area contributed by atoms with E-state index in [2.05, 4.69) is 30.9 Å². The van der Waals surface area contributed by atoms with E-state index in [1.54, 1.807) is 6.92 Å². The van der Waals surface area contributed by atoms with Crippen LogP contribution in [0.1, 0.15) is 17.1 Å². The van der Waals surface area contributed by atoms with Gasteiger partial charge in [-0.05, 0) is 48.8 Å². The number of H-pyrrole nitrogens is 1. The van der Waals surface area contributed by atoms with Crippen molar-refractivity contribution in [2.45, 2.75) is 20.8 Å². The zero-order valence-corrected chi connectivity index (χ0v) is 11.4. The van der Waals surface area contributed by atoms with E-state index in [4.69, 9.17) is 0 Å². The summed E-state index contributed by atoms with van der Waals surface area (Å²) in [4.78, 5) is 23.0. The fourth-order valence-electron chi connectivity index (χ4n) is 1.68. The molecule has 0 saturated carbocycles. The quantitative estimate of drug-likeness (QED) is 0.879. The standard InChI is InChI=1S/C12H12BrN3O/c1-6-4-9(5-7(2)14-6)11-15-8(3)10(13)12(17)16-11/h4-5H,1-3H3,(H,15,16,17). The van der Waals surface area contributed by atoms with Gasteiger partial charge in [-0.15, -0.1) is 0 Å². The Hall–Kier alpha value is -1.49. The first-order chi connectivity index (χ1) is 7.97. The average molecular weight is 294 g/mol. The highest BCUT2D eigenvalue weighted by Crippen LogP contribution is 2.17. The Bertz CT molecular complexity index is 614. The second kappa shape index (κ2) is 4.41. The SMILES string of the molecule is Cc1cc(-c2nc(C)c(Br)c(=O)[nH]2)cc(C)n1. The van der Waals surface area contributed by atoms with Crippen molar-refractivity contribution in [1.29, 1.82) is 0 Å². The molecule has 5 heteroatoms. The molecule has 2 aromatic heterocycles. The first-order valence-corrected chi connectivity index (χ1v) is 5.99. The van der Waals surface area contributed by atoms with Crippen molar-refractivity contribution in [2.75, 3.05) is 0 Å². The molecule has 0 atom stereocenters. The smallest absolute Gasteiger partial charge is 0.265 e. The molecule has 4 nitrogen and oxygen atoms in total. The Morgan fingerprint density at radius 1 is 1.12 bits per heavy atom. The van der Waals surface area contributed by atoms with E-state index < -0.39 is 0 Å². The number of aryl methyl sites for hydroxylation is 3. The zero-order chi connectivity index (χ0) is 12.6. The molecule has 0 unspecified atom stereocenters. The number of aromatic nitrogens is 3. The van der Waals surface area contributed by atoms with Crippen molar-refractivity contribution in [3.63, 3.8) is 0 Å². The lowest BCUT2D eigenvalue weighted by Crippen LogP contribution is -2.12. The molecule has 0 aliphatic heterocycles. The van der Waals surface area contributed by atoms with Crippen molar-refractivity contribution in [3.05, 3.63) is 44.0 Å². The van der Waals surface area contributed by atoms with Crippen molar-refractivity contribution in [2.24, 2.45) is 0 Å². The molecular weight excluding hydrogens is 282 g/mol. The van der Waals surface area contributed by atoms with Crippen LogP contribution < -0.4 is 5.56 Å². The highest BCUT2D eigenvalue weighted by atomic mass is 79.9. The second-order valence-corrected chi connectivity index (χ2v) is 4.75. The Labute approximate surface area is 107 Å². The zero-order valence-electron chi connectivity index (χ0n) is 9.84. The number of hydrogen-bond acceptors (Lipinski definition) is 3. The topological polar surface area (TPSA) is 58.6 Å². The van der Waals surface area contributed by atoms with Gasteiger partial charge in [-0.1, -0.05) is 0 Å². The summed E-state index contributed by atoms with van der Waals surface area (Å²) in [5.74, 6) is 0.573. The van der Waals surface area contributed by atoms with Gasteiger partial charge in [0.25, 0.3) is 5.56 Å². The third-order valence-corrected chi connectivity index (χ3v) is 3.32. The van der Waals surface area contributed by atoms with Gasteiger partial charge < -0.3 is 4.98 Å². The predicted molar refractivity (Wildman–Crippen MR) is 70.0 cm³/mol. The minimum Gasteiger partial charge on any atom is -0.306 e. The highest BCUT2D eigenvalue weighted by Gasteiger charge is 2.08. The lowest BCUT2D eigenvalue weighted by molar-refractivity contribution is 1.04. The molecule has 17 heavy (non-hydrogen) atoms. The molecule has 0 amide bonds. The van der Waals surface area contributed by atoms with Gasteiger partial charge in [0.05, 0.1) is 5.69 Å². The number of hydrogen-bond donors (Lipinski definition) is 1. The van der Waals surface area contributed by atoms with E-state index in [1.165, 1.54) is 0 Å². The molecule has 0 radical (unpaired) electrons.